The molecule has 0 saturated carbocycles. The Morgan fingerprint density at radius 1 is 1.37 bits per heavy atom. The van der Waals surface area contributed by atoms with Crippen LogP contribution in [0.25, 0.3) is 0 Å². The Hall–Kier alpha value is -0.820. The summed E-state index contributed by atoms with van der Waals surface area (Å²) in [5.74, 6) is -0.358. The molecule has 1 rings (SSSR count). The molecule has 0 aliphatic heterocycles. The van der Waals surface area contributed by atoms with Gasteiger partial charge in [-0.1, -0.05) is 11.6 Å². The molecule has 2 amide bonds. The fourth-order valence-electron chi connectivity index (χ4n) is 1.46. The van der Waals surface area contributed by atoms with E-state index in [4.69, 9.17) is 11.6 Å². The van der Waals surface area contributed by atoms with Gasteiger partial charge in [0.25, 0.3) is 5.91 Å². The van der Waals surface area contributed by atoms with Crippen LogP contribution in [0.1, 0.15) is 24.2 Å². The molecule has 19 heavy (non-hydrogen) atoms. The number of benzene rings is 1. The lowest BCUT2D eigenvalue weighted by molar-refractivity contribution is -0.128. The summed E-state index contributed by atoms with van der Waals surface area (Å²) in [4.78, 5) is 23.6. The standard InChI is InChI=1S/C13H16ClIN2O2/c1-13(2,12(19)16-3)7-17-11(18)8-4-5-10(15)9(14)6-8/h4-6H,7H2,1-3H3,(H,16,19)(H,17,18). The van der Waals surface area contributed by atoms with Gasteiger partial charge in [0.1, 0.15) is 0 Å². The van der Waals surface area contributed by atoms with Gasteiger partial charge in [-0.2, -0.15) is 0 Å². The number of carbonyl (C=O) groups excluding carboxylic acids is 2. The highest BCUT2D eigenvalue weighted by molar-refractivity contribution is 14.1. The average Bonchev–Trinajstić information content (AvgIpc) is 2.38. The van der Waals surface area contributed by atoms with E-state index in [2.05, 4.69) is 33.2 Å². The zero-order valence-corrected chi connectivity index (χ0v) is 13.9. The summed E-state index contributed by atoms with van der Waals surface area (Å²) in [7, 11) is 1.57. The highest BCUT2D eigenvalue weighted by Gasteiger charge is 2.27. The Balaban J connectivity index is 2.70. The lowest BCUT2D eigenvalue weighted by Crippen LogP contribution is -2.43. The van der Waals surface area contributed by atoms with Crippen LogP contribution in [0.3, 0.4) is 0 Å². The second-order valence-corrected chi connectivity index (χ2v) is 6.34. The minimum atomic E-state index is -0.655. The summed E-state index contributed by atoms with van der Waals surface area (Å²) in [5, 5.41) is 5.85. The molecule has 0 aliphatic carbocycles. The lowest BCUT2D eigenvalue weighted by Gasteiger charge is -2.22. The molecule has 6 heteroatoms. The van der Waals surface area contributed by atoms with Crippen molar-refractivity contribution in [2.75, 3.05) is 13.6 Å². The fourth-order valence-corrected chi connectivity index (χ4v) is 1.98. The molecule has 0 aromatic heterocycles. The van der Waals surface area contributed by atoms with Gasteiger partial charge in [0, 0.05) is 22.7 Å². The zero-order valence-electron chi connectivity index (χ0n) is 11.0. The molecule has 0 atom stereocenters. The minimum Gasteiger partial charge on any atom is -0.359 e. The predicted molar refractivity (Wildman–Crippen MR) is 84.3 cm³/mol. The normalized spacial score (nSPS) is 11.0. The first-order chi connectivity index (χ1) is 8.77. The van der Waals surface area contributed by atoms with Crippen LogP contribution in [0.2, 0.25) is 5.02 Å². The summed E-state index contributed by atoms with van der Waals surface area (Å²) < 4.78 is 0.890. The van der Waals surface area contributed by atoms with E-state index in [1.165, 1.54) is 0 Å². The molecular formula is C13H16ClIN2O2. The quantitative estimate of drug-likeness (QED) is 0.771. The van der Waals surface area contributed by atoms with E-state index in [-0.39, 0.29) is 18.4 Å². The summed E-state index contributed by atoms with van der Waals surface area (Å²) in [5.41, 5.74) is -0.171. The second-order valence-electron chi connectivity index (χ2n) is 4.77. The molecule has 1 aromatic carbocycles. The molecule has 0 saturated heterocycles. The number of amides is 2. The molecule has 0 spiro atoms. The summed E-state index contributed by atoms with van der Waals surface area (Å²) in [6.45, 7) is 3.80. The van der Waals surface area contributed by atoms with Crippen LogP contribution < -0.4 is 10.6 Å². The van der Waals surface area contributed by atoms with Gasteiger partial charge in [0.2, 0.25) is 5.91 Å². The SMILES string of the molecule is CNC(=O)C(C)(C)CNC(=O)c1ccc(I)c(Cl)c1. The molecule has 104 valence electrons. The van der Waals surface area contributed by atoms with Crippen LogP contribution in [-0.4, -0.2) is 25.4 Å². The van der Waals surface area contributed by atoms with Crippen molar-refractivity contribution in [1.82, 2.24) is 10.6 Å². The van der Waals surface area contributed by atoms with E-state index in [9.17, 15) is 9.59 Å². The van der Waals surface area contributed by atoms with Gasteiger partial charge in [0.15, 0.2) is 0 Å². The molecular weight excluding hydrogens is 379 g/mol. The topological polar surface area (TPSA) is 58.2 Å². The molecule has 4 nitrogen and oxygen atoms in total. The Bertz CT molecular complexity index is 503. The monoisotopic (exact) mass is 394 g/mol. The first kappa shape index (κ1) is 16.2. The van der Waals surface area contributed by atoms with Gasteiger partial charge in [-0.3, -0.25) is 9.59 Å². The first-order valence-electron chi connectivity index (χ1n) is 5.73. The van der Waals surface area contributed by atoms with Crippen LogP contribution >= 0.6 is 34.2 Å². The van der Waals surface area contributed by atoms with Gasteiger partial charge in [-0.25, -0.2) is 0 Å². The number of carbonyl (C=O) groups is 2. The average molecular weight is 395 g/mol. The maximum absolute atomic E-state index is 12.0. The van der Waals surface area contributed by atoms with Gasteiger partial charge in [0.05, 0.1) is 10.4 Å². The van der Waals surface area contributed by atoms with Crippen LogP contribution in [0.5, 0.6) is 0 Å². The number of halogens is 2. The van der Waals surface area contributed by atoms with E-state index in [1.54, 1.807) is 39.1 Å². The van der Waals surface area contributed by atoms with Crippen molar-refractivity contribution in [3.63, 3.8) is 0 Å². The van der Waals surface area contributed by atoms with Crippen molar-refractivity contribution in [1.29, 1.82) is 0 Å². The van der Waals surface area contributed by atoms with Crippen molar-refractivity contribution >= 4 is 46.0 Å². The first-order valence-corrected chi connectivity index (χ1v) is 7.19. The smallest absolute Gasteiger partial charge is 0.251 e. The molecule has 1 aromatic rings. The van der Waals surface area contributed by atoms with Crippen molar-refractivity contribution in [2.24, 2.45) is 5.41 Å². The number of hydrogen-bond acceptors (Lipinski definition) is 2. The maximum Gasteiger partial charge on any atom is 0.251 e. The molecule has 0 aliphatic rings. The fraction of sp³-hybridized carbons (Fsp3) is 0.385. The largest absolute Gasteiger partial charge is 0.359 e. The van der Waals surface area contributed by atoms with Gasteiger partial charge < -0.3 is 10.6 Å². The van der Waals surface area contributed by atoms with Gasteiger partial charge >= 0.3 is 0 Å². The zero-order chi connectivity index (χ0) is 14.6. The van der Waals surface area contributed by atoms with Gasteiger partial charge in [-0.15, -0.1) is 0 Å². The van der Waals surface area contributed by atoms with E-state index >= 15 is 0 Å². The number of rotatable bonds is 4. The van der Waals surface area contributed by atoms with Crippen LogP contribution in [0.15, 0.2) is 18.2 Å². The third kappa shape index (κ3) is 4.35. The minimum absolute atomic E-state index is 0.117. The second kappa shape index (κ2) is 6.56. The van der Waals surface area contributed by atoms with E-state index in [0.29, 0.717) is 10.6 Å². The Morgan fingerprint density at radius 3 is 2.53 bits per heavy atom. The Labute approximate surface area is 131 Å². The maximum atomic E-state index is 12.0. The number of nitrogens with one attached hydrogen (secondary N) is 2. The van der Waals surface area contributed by atoms with Crippen LogP contribution in [-0.2, 0) is 4.79 Å². The number of hydrogen-bond donors (Lipinski definition) is 2. The third-order valence-corrected chi connectivity index (χ3v) is 4.29. The third-order valence-electron chi connectivity index (χ3n) is 2.71. The van der Waals surface area contributed by atoms with Gasteiger partial charge in [-0.05, 0) is 54.6 Å². The lowest BCUT2D eigenvalue weighted by atomic mass is 9.92. The predicted octanol–water partition coefficient (Wildman–Crippen LogP) is 2.45. The summed E-state index contributed by atoms with van der Waals surface area (Å²) in [6, 6.07) is 5.10. The highest BCUT2D eigenvalue weighted by atomic mass is 127. The van der Waals surface area contributed by atoms with E-state index < -0.39 is 5.41 Å². The molecule has 0 fully saturated rings. The van der Waals surface area contributed by atoms with Crippen molar-refractivity contribution in [3.05, 3.63) is 32.4 Å². The van der Waals surface area contributed by atoms with Crippen molar-refractivity contribution in [2.45, 2.75) is 13.8 Å². The van der Waals surface area contributed by atoms with Crippen molar-refractivity contribution in [3.8, 4) is 0 Å². The Morgan fingerprint density at radius 2 is 2.00 bits per heavy atom. The van der Waals surface area contributed by atoms with E-state index in [1.807, 2.05) is 0 Å². The van der Waals surface area contributed by atoms with Crippen LogP contribution in [0.4, 0.5) is 0 Å². The van der Waals surface area contributed by atoms with E-state index in [0.717, 1.165) is 3.57 Å². The molecule has 0 unspecified atom stereocenters. The molecule has 0 radical (unpaired) electrons. The molecule has 2 N–H and O–H groups in total. The van der Waals surface area contributed by atoms with Crippen molar-refractivity contribution < 1.29 is 9.59 Å². The van der Waals surface area contributed by atoms with Crippen LogP contribution in [0, 0.1) is 8.99 Å². The molecule has 0 heterocycles. The summed E-state index contributed by atoms with van der Waals surface area (Å²) in [6.07, 6.45) is 0. The Kier molecular flexibility index (Phi) is 5.61. The highest BCUT2D eigenvalue weighted by Crippen LogP contribution is 2.20. The summed E-state index contributed by atoms with van der Waals surface area (Å²) >= 11 is 8.06. The molecule has 0 bridgehead atoms.